The largest absolute Gasteiger partial charge is 0.457 e. The molecule has 1 aliphatic rings. The van der Waals surface area contributed by atoms with E-state index in [1.165, 1.54) is 58.7 Å². The minimum Gasteiger partial charge on any atom is -0.457 e. The first-order valence-corrected chi connectivity index (χ1v) is 11.3. The SMILES string of the molecule is O=C(COC(=O)[C@@H]1CC(=O)N(c2cccc([N+](=O)[O-])c2)C1)c1ccc(OC(=O)c2cccs2)cc1. The molecule has 0 bridgehead atoms. The standard InChI is InChI=1S/C24H18N2O8S/c27-20(15-6-8-19(9-7-15)34-24(30)21-5-2-10-35-21)14-33-23(29)16-11-22(28)25(13-16)17-3-1-4-18(12-17)26(31)32/h1-10,12,16H,11,13-14H2/t16-/m1/s1. The fourth-order valence-electron chi connectivity index (χ4n) is 3.49. The van der Waals surface area contributed by atoms with Gasteiger partial charge in [0.25, 0.3) is 5.69 Å². The molecule has 10 nitrogen and oxygen atoms in total. The summed E-state index contributed by atoms with van der Waals surface area (Å²) >= 11 is 1.25. The Balaban J connectivity index is 1.30. The van der Waals surface area contributed by atoms with Crippen LogP contribution in [0, 0.1) is 16.0 Å². The molecule has 1 saturated heterocycles. The van der Waals surface area contributed by atoms with Crippen LogP contribution < -0.4 is 9.64 Å². The molecule has 3 aromatic rings. The first-order valence-electron chi connectivity index (χ1n) is 10.4. The fourth-order valence-corrected chi connectivity index (χ4v) is 4.09. The van der Waals surface area contributed by atoms with Gasteiger partial charge in [-0.3, -0.25) is 24.5 Å². The molecule has 0 N–H and O–H groups in total. The van der Waals surface area contributed by atoms with Gasteiger partial charge in [-0.25, -0.2) is 4.79 Å². The van der Waals surface area contributed by atoms with Crippen LogP contribution in [0.15, 0.2) is 66.0 Å². The third kappa shape index (κ3) is 5.58. The molecule has 2 heterocycles. The number of non-ortho nitro benzene ring substituents is 1. The third-order valence-electron chi connectivity index (χ3n) is 5.27. The highest BCUT2D eigenvalue weighted by molar-refractivity contribution is 7.12. The molecule has 178 valence electrons. The number of nitro groups is 1. The molecule has 1 atom stereocenters. The second-order valence-electron chi connectivity index (χ2n) is 7.60. The fraction of sp³-hybridized carbons (Fsp3) is 0.167. The Morgan fingerprint density at radius 3 is 2.54 bits per heavy atom. The second kappa shape index (κ2) is 10.3. The lowest BCUT2D eigenvalue weighted by Gasteiger charge is -2.16. The highest BCUT2D eigenvalue weighted by Gasteiger charge is 2.36. The minimum atomic E-state index is -0.798. The number of hydrogen-bond acceptors (Lipinski definition) is 9. The molecule has 0 saturated carbocycles. The van der Waals surface area contributed by atoms with E-state index in [0.717, 1.165) is 0 Å². The molecule has 0 radical (unpaired) electrons. The van der Waals surface area contributed by atoms with E-state index in [-0.39, 0.29) is 35.9 Å². The average molecular weight is 494 g/mol. The maximum absolute atomic E-state index is 12.4. The number of nitro benzene ring substituents is 1. The Hall–Kier alpha value is -4.38. The molecule has 1 fully saturated rings. The number of amides is 1. The Morgan fingerprint density at radius 1 is 1.09 bits per heavy atom. The molecule has 2 aromatic carbocycles. The number of ether oxygens (including phenoxy) is 2. The van der Waals surface area contributed by atoms with Gasteiger partial charge in [-0.05, 0) is 41.8 Å². The van der Waals surface area contributed by atoms with Gasteiger partial charge in [0.05, 0.1) is 16.5 Å². The molecule has 0 unspecified atom stereocenters. The van der Waals surface area contributed by atoms with E-state index >= 15 is 0 Å². The lowest BCUT2D eigenvalue weighted by Crippen LogP contribution is -2.27. The van der Waals surface area contributed by atoms with Crippen molar-refractivity contribution in [3.8, 4) is 5.75 Å². The Morgan fingerprint density at radius 2 is 1.86 bits per heavy atom. The van der Waals surface area contributed by atoms with Crippen LogP contribution in [0.3, 0.4) is 0 Å². The minimum absolute atomic E-state index is 0.00265. The summed E-state index contributed by atoms with van der Waals surface area (Å²) in [5.74, 6) is -2.57. The Bertz CT molecular complexity index is 1290. The quantitative estimate of drug-likeness (QED) is 0.152. The zero-order valence-electron chi connectivity index (χ0n) is 18.1. The number of carbonyl (C=O) groups excluding carboxylic acids is 4. The maximum atomic E-state index is 12.4. The lowest BCUT2D eigenvalue weighted by atomic mass is 10.1. The van der Waals surface area contributed by atoms with Gasteiger partial charge >= 0.3 is 11.9 Å². The molecule has 1 aliphatic heterocycles. The predicted octanol–water partition coefficient (Wildman–Crippen LogP) is 3.65. The van der Waals surface area contributed by atoms with Crippen molar-refractivity contribution in [2.24, 2.45) is 5.92 Å². The van der Waals surface area contributed by atoms with Crippen molar-refractivity contribution in [1.29, 1.82) is 0 Å². The number of rotatable bonds is 8. The van der Waals surface area contributed by atoms with Crippen molar-refractivity contribution >= 4 is 46.3 Å². The molecular weight excluding hydrogens is 476 g/mol. The van der Waals surface area contributed by atoms with Gasteiger partial charge in [0.1, 0.15) is 10.6 Å². The number of nitrogens with zero attached hydrogens (tertiary/aromatic N) is 2. The van der Waals surface area contributed by atoms with Crippen LogP contribution in [0.1, 0.15) is 26.5 Å². The van der Waals surface area contributed by atoms with Crippen molar-refractivity contribution in [2.45, 2.75) is 6.42 Å². The number of thiophene rings is 1. The molecule has 35 heavy (non-hydrogen) atoms. The van der Waals surface area contributed by atoms with E-state index in [9.17, 15) is 29.3 Å². The van der Waals surface area contributed by atoms with Crippen molar-refractivity contribution in [3.05, 3.63) is 86.6 Å². The van der Waals surface area contributed by atoms with Crippen molar-refractivity contribution in [2.75, 3.05) is 18.1 Å². The zero-order valence-corrected chi connectivity index (χ0v) is 18.9. The van der Waals surface area contributed by atoms with Crippen LogP contribution in [-0.4, -0.2) is 41.7 Å². The van der Waals surface area contributed by atoms with Crippen molar-refractivity contribution in [1.82, 2.24) is 0 Å². The maximum Gasteiger partial charge on any atom is 0.353 e. The van der Waals surface area contributed by atoms with E-state index < -0.39 is 35.2 Å². The zero-order chi connectivity index (χ0) is 24.9. The summed E-state index contributed by atoms with van der Waals surface area (Å²) in [6, 6.07) is 14.8. The summed E-state index contributed by atoms with van der Waals surface area (Å²) in [4.78, 5) is 61.4. The molecule has 0 aliphatic carbocycles. The monoisotopic (exact) mass is 494 g/mol. The first-order chi connectivity index (χ1) is 16.8. The van der Waals surface area contributed by atoms with Gasteiger partial charge in [-0.15, -0.1) is 11.3 Å². The predicted molar refractivity (Wildman–Crippen MR) is 125 cm³/mol. The highest BCUT2D eigenvalue weighted by atomic mass is 32.1. The smallest absolute Gasteiger partial charge is 0.353 e. The Labute approximate surface area is 202 Å². The summed E-state index contributed by atoms with van der Waals surface area (Å²) in [7, 11) is 0. The molecule has 4 rings (SSSR count). The first kappa shape index (κ1) is 23.8. The van der Waals surface area contributed by atoms with Gasteiger partial charge < -0.3 is 14.4 Å². The number of carbonyl (C=O) groups is 4. The van der Waals surface area contributed by atoms with E-state index in [1.54, 1.807) is 23.6 Å². The topological polar surface area (TPSA) is 133 Å². The molecule has 1 aromatic heterocycles. The van der Waals surface area contributed by atoms with Gasteiger partial charge in [0.2, 0.25) is 5.91 Å². The average Bonchev–Trinajstić information content (AvgIpc) is 3.53. The van der Waals surface area contributed by atoms with E-state index in [1.807, 2.05) is 0 Å². The van der Waals surface area contributed by atoms with E-state index in [0.29, 0.717) is 10.6 Å². The summed E-state index contributed by atoms with van der Waals surface area (Å²) in [6.45, 7) is -0.522. The molecule has 11 heteroatoms. The van der Waals surface area contributed by atoms with Crippen LogP contribution in [-0.2, 0) is 14.3 Å². The van der Waals surface area contributed by atoms with E-state index in [4.69, 9.17) is 9.47 Å². The Kier molecular flexibility index (Phi) is 6.97. The summed E-state index contributed by atoms with van der Waals surface area (Å²) in [5.41, 5.74) is 0.407. The highest BCUT2D eigenvalue weighted by Crippen LogP contribution is 2.28. The number of ketones is 1. The van der Waals surface area contributed by atoms with Gasteiger partial charge in [0, 0.05) is 30.7 Å². The normalized spacial score (nSPS) is 15.0. The number of anilines is 1. The van der Waals surface area contributed by atoms with Crippen LogP contribution in [0.4, 0.5) is 11.4 Å². The van der Waals surface area contributed by atoms with Crippen LogP contribution in [0.2, 0.25) is 0 Å². The van der Waals surface area contributed by atoms with Crippen molar-refractivity contribution in [3.63, 3.8) is 0 Å². The molecule has 1 amide bonds. The molecular formula is C24H18N2O8S. The second-order valence-corrected chi connectivity index (χ2v) is 8.55. The number of esters is 2. The summed E-state index contributed by atoms with van der Waals surface area (Å²) in [6.07, 6.45) is -0.125. The lowest BCUT2D eigenvalue weighted by molar-refractivity contribution is -0.384. The van der Waals surface area contributed by atoms with Crippen LogP contribution in [0.25, 0.3) is 0 Å². The third-order valence-corrected chi connectivity index (χ3v) is 6.12. The van der Waals surface area contributed by atoms with Gasteiger partial charge in [-0.1, -0.05) is 12.1 Å². The number of hydrogen-bond donors (Lipinski definition) is 0. The van der Waals surface area contributed by atoms with Gasteiger partial charge in [-0.2, -0.15) is 0 Å². The van der Waals surface area contributed by atoms with Crippen LogP contribution >= 0.6 is 11.3 Å². The molecule has 0 spiro atoms. The number of benzene rings is 2. The van der Waals surface area contributed by atoms with Crippen LogP contribution in [0.5, 0.6) is 5.75 Å². The number of Topliss-reactive ketones (excluding diaryl/α,β-unsaturated/α-hetero) is 1. The van der Waals surface area contributed by atoms with Gasteiger partial charge in [0.15, 0.2) is 12.4 Å². The van der Waals surface area contributed by atoms with Crippen molar-refractivity contribution < 1.29 is 33.6 Å². The van der Waals surface area contributed by atoms with E-state index in [2.05, 4.69) is 0 Å². The summed E-state index contributed by atoms with van der Waals surface area (Å²) < 4.78 is 10.4. The summed E-state index contributed by atoms with van der Waals surface area (Å²) in [5, 5.41) is 12.7.